The topological polar surface area (TPSA) is 73.5 Å². The minimum Gasteiger partial charge on any atom is -0.335 e. The van der Waals surface area contributed by atoms with E-state index in [1.165, 1.54) is 0 Å². The van der Waals surface area contributed by atoms with Crippen molar-refractivity contribution in [2.75, 3.05) is 26.2 Å². The molecule has 0 aromatic carbocycles. The number of carbonyl (C=O) groups is 2. The van der Waals surface area contributed by atoms with Crippen molar-refractivity contribution in [3.8, 4) is 0 Å². The van der Waals surface area contributed by atoms with Crippen LogP contribution in [-0.2, 0) is 4.79 Å². The molecule has 1 aliphatic carbocycles. The molecule has 1 heterocycles. The third-order valence-electron chi connectivity index (χ3n) is 3.97. The Labute approximate surface area is 114 Å². The molecule has 0 radical (unpaired) electrons. The van der Waals surface area contributed by atoms with Crippen LogP contribution < -0.4 is 16.0 Å². The molecule has 2 rings (SSSR count). The highest BCUT2D eigenvalue weighted by Gasteiger charge is 2.25. The number of carbonyl (C=O) groups excluding carboxylic acids is 2. The molecular weight excluding hydrogens is 244 g/mol. The predicted molar refractivity (Wildman–Crippen MR) is 72.8 cm³/mol. The maximum Gasteiger partial charge on any atom is 0.321 e. The Hall–Kier alpha value is -1.14. The molecule has 3 amide bonds. The van der Waals surface area contributed by atoms with Crippen LogP contribution in [0.15, 0.2) is 0 Å². The number of imide groups is 1. The second kappa shape index (κ2) is 6.86. The molecule has 1 saturated heterocycles. The lowest BCUT2D eigenvalue weighted by Gasteiger charge is -2.37. The van der Waals surface area contributed by atoms with E-state index < -0.39 is 0 Å². The third kappa shape index (κ3) is 4.18. The first-order chi connectivity index (χ1) is 9.19. The second-order valence-corrected chi connectivity index (χ2v) is 5.38. The van der Waals surface area contributed by atoms with E-state index in [-0.39, 0.29) is 18.0 Å². The molecule has 6 nitrogen and oxygen atoms in total. The van der Waals surface area contributed by atoms with Crippen molar-refractivity contribution in [1.82, 2.24) is 20.9 Å². The van der Waals surface area contributed by atoms with E-state index in [9.17, 15) is 9.59 Å². The van der Waals surface area contributed by atoms with Crippen LogP contribution in [0.5, 0.6) is 0 Å². The predicted octanol–water partition coefficient (Wildman–Crippen LogP) is 0.0485. The highest BCUT2D eigenvalue weighted by Crippen LogP contribution is 2.17. The Kier molecular flexibility index (Phi) is 5.15. The molecule has 6 heteroatoms. The fourth-order valence-corrected chi connectivity index (χ4v) is 2.67. The Balaban J connectivity index is 1.68. The maximum absolute atomic E-state index is 11.8. The third-order valence-corrected chi connectivity index (χ3v) is 3.97. The molecule has 108 valence electrons. The maximum atomic E-state index is 11.8. The molecule has 0 atom stereocenters. The lowest BCUT2D eigenvalue weighted by molar-refractivity contribution is -0.121. The number of rotatable bonds is 5. The van der Waals surface area contributed by atoms with Gasteiger partial charge in [-0.25, -0.2) is 4.79 Å². The van der Waals surface area contributed by atoms with Crippen LogP contribution in [0.4, 0.5) is 4.79 Å². The number of nitrogens with one attached hydrogen (secondary N) is 3. The Morgan fingerprint density at radius 1 is 1.26 bits per heavy atom. The summed E-state index contributed by atoms with van der Waals surface area (Å²) in [5.74, 6) is -0.218. The van der Waals surface area contributed by atoms with Gasteiger partial charge in [0.05, 0.1) is 6.54 Å². The highest BCUT2D eigenvalue weighted by atomic mass is 16.2. The highest BCUT2D eigenvalue weighted by molar-refractivity contribution is 5.95. The first-order valence-corrected chi connectivity index (χ1v) is 7.24. The van der Waals surface area contributed by atoms with Crippen molar-refractivity contribution < 1.29 is 9.59 Å². The van der Waals surface area contributed by atoms with Gasteiger partial charge in [0.25, 0.3) is 0 Å². The quantitative estimate of drug-likeness (QED) is 0.659. The lowest BCUT2D eigenvalue weighted by atomic mass is 10.1. The summed E-state index contributed by atoms with van der Waals surface area (Å²) in [7, 11) is 0. The Morgan fingerprint density at radius 3 is 2.47 bits per heavy atom. The SMILES string of the molecule is CCN(CC(=O)NC(=O)NC1CCCC1)C1CNC1. The molecule has 0 aromatic rings. The van der Waals surface area contributed by atoms with Crippen LogP contribution in [-0.4, -0.2) is 55.1 Å². The summed E-state index contributed by atoms with van der Waals surface area (Å²) in [5.41, 5.74) is 0. The van der Waals surface area contributed by atoms with Crippen LogP contribution in [0.2, 0.25) is 0 Å². The summed E-state index contributed by atoms with van der Waals surface area (Å²) in [5, 5.41) is 8.47. The van der Waals surface area contributed by atoms with E-state index in [0.29, 0.717) is 12.6 Å². The average Bonchev–Trinajstić information content (AvgIpc) is 2.77. The summed E-state index contributed by atoms with van der Waals surface area (Å²) < 4.78 is 0. The van der Waals surface area contributed by atoms with Crippen LogP contribution in [0.3, 0.4) is 0 Å². The van der Waals surface area contributed by atoms with Crippen LogP contribution >= 0.6 is 0 Å². The molecule has 2 fully saturated rings. The van der Waals surface area contributed by atoms with Crippen LogP contribution in [0.1, 0.15) is 32.6 Å². The van der Waals surface area contributed by atoms with Gasteiger partial charge >= 0.3 is 6.03 Å². The van der Waals surface area contributed by atoms with Crippen molar-refractivity contribution in [3.05, 3.63) is 0 Å². The van der Waals surface area contributed by atoms with E-state index in [4.69, 9.17) is 0 Å². The summed E-state index contributed by atoms with van der Waals surface area (Å²) in [6.07, 6.45) is 4.38. The zero-order valence-electron chi connectivity index (χ0n) is 11.6. The van der Waals surface area contributed by atoms with Crippen LogP contribution in [0, 0.1) is 0 Å². The minimum absolute atomic E-state index is 0.218. The van der Waals surface area contributed by atoms with Crippen LogP contribution in [0.25, 0.3) is 0 Å². The van der Waals surface area contributed by atoms with Gasteiger partial charge in [0.15, 0.2) is 0 Å². The molecule has 1 aliphatic heterocycles. The van der Waals surface area contributed by atoms with Gasteiger partial charge in [-0.2, -0.15) is 0 Å². The standard InChI is InChI=1S/C13H24N4O2/c1-2-17(11-7-14-8-11)9-12(18)16-13(19)15-10-5-3-4-6-10/h10-11,14H,2-9H2,1H3,(H2,15,16,18,19). The fourth-order valence-electron chi connectivity index (χ4n) is 2.67. The van der Waals surface area contributed by atoms with E-state index in [0.717, 1.165) is 45.3 Å². The molecule has 0 spiro atoms. The largest absolute Gasteiger partial charge is 0.335 e. The van der Waals surface area contributed by atoms with Gasteiger partial charge < -0.3 is 10.6 Å². The van der Waals surface area contributed by atoms with Crippen molar-refractivity contribution in [2.24, 2.45) is 0 Å². The summed E-state index contributed by atoms with van der Waals surface area (Å²) in [4.78, 5) is 25.6. The second-order valence-electron chi connectivity index (χ2n) is 5.38. The van der Waals surface area contributed by atoms with Crippen molar-refractivity contribution >= 4 is 11.9 Å². The molecule has 3 N–H and O–H groups in total. The monoisotopic (exact) mass is 268 g/mol. The number of hydrogen-bond acceptors (Lipinski definition) is 4. The molecule has 2 aliphatic rings. The molecule has 0 unspecified atom stereocenters. The van der Waals surface area contributed by atoms with Crippen molar-refractivity contribution in [3.63, 3.8) is 0 Å². The summed E-state index contributed by atoms with van der Waals surface area (Å²) >= 11 is 0. The first kappa shape index (κ1) is 14.3. The number of amides is 3. The zero-order valence-corrected chi connectivity index (χ0v) is 11.6. The fraction of sp³-hybridized carbons (Fsp3) is 0.846. The van der Waals surface area contributed by atoms with Gasteiger partial charge in [-0.3, -0.25) is 15.0 Å². The molecular formula is C13H24N4O2. The van der Waals surface area contributed by atoms with Gasteiger partial charge in [0.2, 0.25) is 5.91 Å². The van der Waals surface area contributed by atoms with Crippen molar-refractivity contribution in [1.29, 1.82) is 0 Å². The van der Waals surface area contributed by atoms with Crippen molar-refractivity contribution in [2.45, 2.75) is 44.7 Å². The van der Waals surface area contributed by atoms with Gasteiger partial charge in [-0.05, 0) is 19.4 Å². The van der Waals surface area contributed by atoms with E-state index in [2.05, 4.69) is 20.9 Å². The van der Waals surface area contributed by atoms with Gasteiger partial charge in [0.1, 0.15) is 0 Å². The van der Waals surface area contributed by atoms with Gasteiger partial charge in [0, 0.05) is 25.2 Å². The first-order valence-electron chi connectivity index (χ1n) is 7.24. The Bertz CT molecular complexity index is 325. The zero-order chi connectivity index (χ0) is 13.7. The normalized spacial score (nSPS) is 20.3. The van der Waals surface area contributed by atoms with Gasteiger partial charge in [-0.15, -0.1) is 0 Å². The number of urea groups is 1. The minimum atomic E-state index is -0.348. The summed E-state index contributed by atoms with van der Waals surface area (Å²) in [6.45, 7) is 5.00. The molecule has 0 aromatic heterocycles. The smallest absolute Gasteiger partial charge is 0.321 e. The number of likely N-dealkylation sites (N-methyl/N-ethyl adjacent to an activating group) is 1. The van der Waals surface area contributed by atoms with E-state index >= 15 is 0 Å². The Morgan fingerprint density at radius 2 is 1.95 bits per heavy atom. The summed E-state index contributed by atoms with van der Waals surface area (Å²) in [6, 6.07) is 0.319. The molecule has 0 bridgehead atoms. The average molecular weight is 268 g/mol. The molecule has 1 saturated carbocycles. The number of nitrogens with zero attached hydrogens (tertiary/aromatic N) is 1. The van der Waals surface area contributed by atoms with Gasteiger partial charge in [-0.1, -0.05) is 19.8 Å². The number of hydrogen-bond donors (Lipinski definition) is 3. The van der Waals surface area contributed by atoms with E-state index in [1.54, 1.807) is 0 Å². The molecule has 19 heavy (non-hydrogen) atoms. The lowest BCUT2D eigenvalue weighted by Crippen LogP contribution is -2.59. The van der Waals surface area contributed by atoms with E-state index in [1.807, 2.05) is 6.92 Å².